The third-order valence-electron chi connectivity index (χ3n) is 10.4. The summed E-state index contributed by atoms with van der Waals surface area (Å²) in [6, 6.07) is 67.2. The first-order chi connectivity index (χ1) is 26.1. The molecule has 8 aromatic carbocycles. The number of hydrogen-bond donors (Lipinski definition) is 0. The summed E-state index contributed by atoms with van der Waals surface area (Å²) in [5, 5.41) is 8.62. The first-order valence-electron chi connectivity index (χ1n) is 17.8. The Bertz CT molecular complexity index is 2980. The van der Waals surface area contributed by atoms with Gasteiger partial charge in [-0.2, -0.15) is 0 Å². The van der Waals surface area contributed by atoms with Crippen molar-refractivity contribution in [2.45, 2.75) is 0 Å². The highest BCUT2D eigenvalue weighted by molar-refractivity contribution is 7.85. The average molecular weight is 714 g/mol. The zero-order valence-electron chi connectivity index (χ0n) is 28.7. The molecule has 0 atom stereocenters. The number of pyridine rings is 1. The second-order valence-electron chi connectivity index (χ2n) is 13.4. The maximum Gasteiger partial charge on any atom is 0.171 e. The smallest absolute Gasteiger partial charge is 0.171 e. The molecule has 0 N–H and O–H groups in total. The van der Waals surface area contributed by atoms with Gasteiger partial charge in [0.15, 0.2) is 7.14 Å². The van der Waals surface area contributed by atoms with Gasteiger partial charge in [0.05, 0.1) is 15.9 Å². The van der Waals surface area contributed by atoms with Crippen molar-refractivity contribution in [2.75, 3.05) is 0 Å². The molecule has 4 heteroatoms. The van der Waals surface area contributed by atoms with Crippen molar-refractivity contribution in [3.8, 4) is 33.5 Å². The molecular weight excluding hydrogens is 682 g/mol. The van der Waals surface area contributed by atoms with Gasteiger partial charge in [-0.25, -0.2) is 4.98 Å². The minimum atomic E-state index is -3.06. The highest BCUT2D eigenvalue weighted by Crippen LogP contribution is 2.45. The predicted octanol–water partition coefficient (Wildman–Crippen LogP) is 12.4. The van der Waals surface area contributed by atoms with Crippen molar-refractivity contribution in [3.05, 3.63) is 194 Å². The molecule has 0 aliphatic carbocycles. The Hall–Kier alpha value is -6.12. The summed E-state index contributed by atoms with van der Waals surface area (Å²) in [4.78, 5) is 5.46. The molecule has 2 aromatic heterocycles. The van der Waals surface area contributed by atoms with Crippen LogP contribution in [0.15, 0.2) is 194 Å². The maximum absolute atomic E-state index is 15.0. The van der Waals surface area contributed by atoms with Crippen LogP contribution in [0.5, 0.6) is 0 Å². The zero-order chi connectivity index (χ0) is 35.4. The molecular formula is C49H32NOPS. The lowest BCUT2D eigenvalue weighted by molar-refractivity contribution is 0.592. The summed E-state index contributed by atoms with van der Waals surface area (Å²) in [6.07, 6.45) is 0. The highest BCUT2D eigenvalue weighted by Gasteiger charge is 2.29. The maximum atomic E-state index is 15.0. The fourth-order valence-corrected chi connectivity index (χ4v) is 11.6. The third-order valence-corrected chi connectivity index (χ3v) is 14.6. The molecule has 0 spiro atoms. The minimum Gasteiger partial charge on any atom is -0.309 e. The highest BCUT2D eigenvalue weighted by atomic mass is 32.1. The Morgan fingerprint density at radius 2 is 1.04 bits per heavy atom. The van der Waals surface area contributed by atoms with Crippen molar-refractivity contribution < 1.29 is 4.57 Å². The molecule has 0 bridgehead atoms. The van der Waals surface area contributed by atoms with Crippen molar-refractivity contribution in [1.82, 2.24) is 4.98 Å². The number of fused-ring (bicyclic) bond motifs is 6. The van der Waals surface area contributed by atoms with Gasteiger partial charge in [-0.15, -0.1) is 11.3 Å². The SMILES string of the molecule is O=P(c1ccccc1)(c1ccccc1)c1ccc(-c2cccc(-c3nc4cc(-c5cccc6ccccc56)ccc4c4c3sc3ccccc34)c2)cc1. The number of nitrogens with zero attached hydrogens (tertiary/aromatic N) is 1. The molecule has 0 saturated carbocycles. The summed E-state index contributed by atoms with van der Waals surface area (Å²) in [5.41, 5.74) is 7.55. The standard InChI is InChI=1S/C49H32NOPS/c51-52(38-17-3-1-4-18-38,39-19-5-2-6-20-39)40-28-25-33(26-29-40)35-15-11-16-37(31-35)48-49-47(44-22-9-10-24-46(44)53-49)43-30-27-36(32-45(43)50-48)42-23-12-14-34-13-7-8-21-41(34)42/h1-32H. The molecule has 0 aliphatic rings. The van der Waals surface area contributed by atoms with E-state index in [9.17, 15) is 4.57 Å². The van der Waals surface area contributed by atoms with E-state index in [-0.39, 0.29) is 0 Å². The Morgan fingerprint density at radius 1 is 0.434 bits per heavy atom. The van der Waals surface area contributed by atoms with Gasteiger partial charge in [0.25, 0.3) is 0 Å². The van der Waals surface area contributed by atoms with Crippen LogP contribution in [0.3, 0.4) is 0 Å². The predicted molar refractivity (Wildman–Crippen MR) is 228 cm³/mol. The van der Waals surface area contributed by atoms with Gasteiger partial charge in [0.1, 0.15) is 0 Å². The van der Waals surface area contributed by atoms with Crippen LogP contribution in [0.25, 0.3) is 75.4 Å². The van der Waals surface area contributed by atoms with Crippen LogP contribution >= 0.6 is 18.5 Å². The first kappa shape index (κ1) is 31.6. The number of aromatic nitrogens is 1. The topological polar surface area (TPSA) is 30.0 Å². The summed E-state index contributed by atoms with van der Waals surface area (Å²) in [5.74, 6) is 0. The molecule has 0 saturated heterocycles. The van der Waals surface area contributed by atoms with E-state index in [1.807, 2.05) is 84.1 Å². The van der Waals surface area contributed by atoms with Gasteiger partial charge >= 0.3 is 0 Å². The quantitative estimate of drug-likeness (QED) is 0.161. The van der Waals surface area contributed by atoms with E-state index >= 15 is 0 Å². The van der Waals surface area contributed by atoms with E-state index in [4.69, 9.17) is 4.98 Å². The molecule has 0 fully saturated rings. The van der Waals surface area contributed by atoms with E-state index in [1.165, 1.54) is 36.5 Å². The lowest BCUT2D eigenvalue weighted by atomic mass is 9.95. The number of rotatable bonds is 6. The van der Waals surface area contributed by atoms with Crippen LogP contribution in [0, 0.1) is 0 Å². The first-order valence-corrected chi connectivity index (χ1v) is 20.3. The summed E-state index contributed by atoms with van der Waals surface area (Å²) < 4.78 is 17.4. The molecule has 0 amide bonds. The monoisotopic (exact) mass is 713 g/mol. The minimum absolute atomic E-state index is 0.819. The second kappa shape index (κ2) is 12.8. The number of thiophene rings is 1. The second-order valence-corrected chi connectivity index (χ2v) is 17.2. The fraction of sp³-hybridized carbons (Fsp3) is 0. The van der Waals surface area contributed by atoms with E-state index in [0.29, 0.717) is 0 Å². The molecule has 53 heavy (non-hydrogen) atoms. The average Bonchev–Trinajstić information content (AvgIpc) is 3.63. The van der Waals surface area contributed by atoms with Crippen molar-refractivity contribution >= 4 is 76.2 Å². The molecule has 0 radical (unpaired) electrons. The Morgan fingerprint density at radius 3 is 1.81 bits per heavy atom. The summed E-state index contributed by atoms with van der Waals surface area (Å²) in [7, 11) is -3.06. The van der Waals surface area contributed by atoms with Gasteiger partial charge in [0.2, 0.25) is 0 Å². The van der Waals surface area contributed by atoms with Crippen LogP contribution in [-0.2, 0) is 4.57 Å². The fourth-order valence-electron chi connectivity index (χ4n) is 7.76. The number of benzene rings is 8. The Balaban J connectivity index is 1.11. The summed E-state index contributed by atoms with van der Waals surface area (Å²) >= 11 is 1.81. The Labute approximate surface area is 312 Å². The van der Waals surface area contributed by atoms with Gasteiger partial charge in [-0.3, -0.25) is 0 Å². The van der Waals surface area contributed by atoms with E-state index < -0.39 is 7.14 Å². The number of hydrogen-bond acceptors (Lipinski definition) is 3. The van der Waals surface area contributed by atoms with Crippen molar-refractivity contribution in [3.63, 3.8) is 0 Å². The molecule has 2 heterocycles. The zero-order valence-corrected chi connectivity index (χ0v) is 30.4. The van der Waals surface area contributed by atoms with Gasteiger partial charge < -0.3 is 4.57 Å². The lowest BCUT2D eigenvalue weighted by Crippen LogP contribution is -2.24. The largest absolute Gasteiger partial charge is 0.309 e. The summed E-state index contributed by atoms with van der Waals surface area (Å²) in [6.45, 7) is 0. The van der Waals surface area contributed by atoms with E-state index in [1.54, 1.807) is 0 Å². The van der Waals surface area contributed by atoms with E-state index in [0.717, 1.165) is 54.8 Å². The normalized spacial score (nSPS) is 11.8. The van der Waals surface area contributed by atoms with Crippen LogP contribution in [0.1, 0.15) is 0 Å². The molecule has 10 rings (SSSR count). The Kier molecular flexibility index (Phi) is 7.65. The molecule has 0 unspecified atom stereocenters. The van der Waals surface area contributed by atoms with Crippen molar-refractivity contribution in [2.24, 2.45) is 0 Å². The van der Waals surface area contributed by atoms with Gasteiger partial charge in [-0.1, -0.05) is 176 Å². The van der Waals surface area contributed by atoms with Crippen molar-refractivity contribution in [1.29, 1.82) is 0 Å². The third kappa shape index (κ3) is 5.32. The molecule has 2 nitrogen and oxygen atoms in total. The molecule has 10 aromatic rings. The molecule has 250 valence electrons. The van der Waals surface area contributed by atoms with Crippen LogP contribution in [0.4, 0.5) is 0 Å². The van der Waals surface area contributed by atoms with Gasteiger partial charge in [-0.05, 0) is 51.2 Å². The van der Waals surface area contributed by atoms with E-state index in [2.05, 4.69) is 121 Å². The van der Waals surface area contributed by atoms with Gasteiger partial charge in [0, 0.05) is 42.3 Å². The molecule has 0 aliphatic heterocycles. The van der Waals surface area contributed by atoms with Crippen LogP contribution in [-0.4, -0.2) is 4.98 Å². The van der Waals surface area contributed by atoms with Crippen LogP contribution < -0.4 is 15.9 Å². The van der Waals surface area contributed by atoms with Crippen LogP contribution in [0.2, 0.25) is 0 Å². The lowest BCUT2D eigenvalue weighted by Gasteiger charge is -2.20.